The molecule has 0 unspecified atom stereocenters. The SMILES string of the molecule is O=C1S/C(=C/c2ccc(OCc3ccc(Cl)cc3)cc2)C(=O)N1Cc1ccc(F)cc1. The number of benzene rings is 3. The van der Waals surface area contributed by atoms with Gasteiger partial charge in [0.15, 0.2) is 0 Å². The lowest BCUT2D eigenvalue weighted by atomic mass is 10.2. The van der Waals surface area contributed by atoms with Crippen molar-refractivity contribution in [2.24, 2.45) is 0 Å². The van der Waals surface area contributed by atoms with E-state index in [4.69, 9.17) is 16.3 Å². The number of rotatable bonds is 6. The molecule has 2 amide bonds. The second-order valence-corrected chi connectivity index (χ2v) is 8.31. The number of carbonyl (C=O) groups excluding carboxylic acids is 2. The van der Waals surface area contributed by atoms with E-state index in [1.807, 2.05) is 48.5 Å². The Bertz CT molecular complexity index is 1130. The maximum atomic E-state index is 13.1. The van der Waals surface area contributed by atoms with Crippen molar-refractivity contribution in [1.29, 1.82) is 0 Å². The molecule has 4 rings (SSSR count). The van der Waals surface area contributed by atoms with Crippen LogP contribution in [0.25, 0.3) is 6.08 Å². The van der Waals surface area contributed by atoms with Crippen molar-refractivity contribution in [1.82, 2.24) is 4.90 Å². The smallest absolute Gasteiger partial charge is 0.293 e. The second kappa shape index (κ2) is 9.37. The summed E-state index contributed by atoms with van der Waals surface area (Å²) in [7, 11) is 0. The van der Waals surface area contributed by atoms with Crippen molar-refractivity contribution in [3.63, 3.8) is 0 Å². The molecule has 1 heterocycles. The highest BCUT2D eigenvalue weighted by Crippen LogP contribution is 2.33. The van der Waals surface area contributed by atoms with Gasteiger partial charge in [-0.25, -0.2) is 4.39 Å². The molecule has 0 spiro atoms. The van der Waals surface area contributed by atoms with Gasteiger partial charge in [-0.1, -0.05) is 48.0 Å². The van der Waals surface area contributed by atoms with Gasteiger partial charge < -0.3 is 4.74 Å². The van der Waals surface area contributed by atoms with Crippen LogP contribution in [0.15, 0.2) is 77.7 Å². The number of carbonyl (C=O) groups is 2. The minimum atomic E-state index is -0.363. The standard InChI is InChI=1S/C24H17ClFNO3S/c25-19-7-1-18(2-8-19)15-30-21-11-5-16(6-12-21)13-22-23(28)27(24(29)31-22)14-17-3-9-20(26)10-4-17/h1-13H,14-15H2/b22-13+. The van der Waals surface area contributed by atoms with Crippen LogP contribution in [0.3, 0.4) is 0 Å². The summed E-state index contributed by atoms with van der Waals surface area (Å²) in [5.74, 6) is -0.0303. The summed E-state index contributed by atoms with van der Waals surface area (Å²) in [6, 6.07) is 20.4. The summed E-state index contributed by atoms with van der Waals surface area (Å²) in [4.78, 5) is 26.4. The Labute approximate surface area is 188 Å². The molecule has 0 N–H and O–H groups in total. The molecule has 1 aliphatic heterocycles. The van der Waals surface area contributed by atoms with Gasteiger partial charge in [0.25, 0.3) is 11.1 Å². The maximum absolute atomic E-state index is 13.1. The van der Waals surface area contributed by atoms with E-state index in [-0.39, 0.29) is 23.5 Å². The number of hydrogen-bond donors (Lipinski definition) is 0. The van der Waals surface area contributed by atoms with E-state index in [1.54, 1.807) is 18.2 Å². The maximum Gasteiger partial charge on any atom is 0.293 e. The minimum Gasteiger partial charge on any atom is -0.489 e. The second-order valence-electron chi connectivity index (χ2n) is 6.88. The Kier molecular flexibility index (Phi) is 6.39. The lowest BCUT2D eigenvalue weighted by molar-refractivity contribution is -0.123. The minimum absolute atomic E-state index is 0.111. The van der Waals surface area contributed by atoms with Crippen molar-refractivity contribution in [2.45, 2.75) is 13.2 Å². The molecule has 1 saturated heterocycles. The van der Waals surface area contributed by atoms with Gasteiger partial charge in [0, 0.05) is 5.02 Å². The number of thioether (sulfide) groups is 1. The van der Waals surface area contributed by atoms with E-state index in [2.05, 4.69) is 0 Å². The van der Waals surface area contributed by atoms with E-state index >= 15 is 0 Å². The average molecular weight is 454 g/mol. The van der Waals surface area contributed by atoms with Gasteiger partial charge in [0.1, 0.15) is 18.2 Å². The molecule has 1 fully saturated rings. The highest BCUT2D eigenvalue weighted by molar-refractivity contribution is 8.18. The first-order valence-electron chi connectivity index (χ1n) is 9.45. The van der Waals surface area contributed by atoms with Crippen molar-refractivity contribution >= 4 is 40.6 Å². The molecule has 3 aromatic carbocycles. The molecule has 0 bridgehead atoms. The van der Waals surface area contributed by atoms with Crippen LogP contribution in [0, 0.1) is 5.82 Å². The molecule has 0 saturated carbocycles. The van der Waals surface area contributed by atoms with E-state index < -0.39 is 0 Å². The number of imide groups is 1. The largest absolute Gasteiger partial charge is 0.489 e. The summed E-state index contributed by atoms with van der Waals surface area (Å²) in [6.45, 7) is 0.526. The monoisotopic (exact) mass is 453 g/mol. The first kappa shape index (κ1) is 21.2. The summed E-state index contributed by atoms with van der Waals surface area (Å²) in [5.41, 5.74) is 2.47. The summed E-state index contributed by atoms with van der Waals surface area (Å²) in [6.07, 6.45) is 1.68. The van der Waals surface area contributed by atoms with Gasteiger partial charge in [-0.3, -0.25) is 14.5 Å². The fraction of sp³-hybridized carbons (Fsp3) is 0.0833. The van der Waals surface area contributed by atoms with Crippen molar-refractivity contribution in [3.05, 3.63) is 105 Å². The van der Waals surface area contributed by atoms with Gasteiger partial charge in [0.2, 0.25) is 0 Å². The Balaban J connectivity index is 1.39. The fourth-order valence-corrected chi connectivity index (χ4v) is 3.93. The quantitative estimate of drug-likeness (QED) is 0.411. The molecular formula is C24H17ClFNO3S. The molecule has 7 heteroatoms. The van der Waals surface area contributed by atoms with Crippen LogP contribution in [-0.4, -0.2) is 16.0 Å². The zero-order valence-electron chi connectivity index (χ0n) is 16.3. The van der Waals surface area contributed by atoms with E-state index in [0.29, 0.717) is 27.8 Å². The molecule has 1 aliphatic rings. The third-order valence-electron chi connectivity index (χ3n) is 4.62. The predicted octanol–water partition coefficient (Wildman–Crippen LogP) is 6.29. The third kappa shape index (κ3) is 5.34. The molecule has 156 valence electrons. The van der Waals surface area contributed by atoms with Crippen LogP contribution < -0.4 is 4.74 Å². The highest BCUT2D eigenvalue weighted by atomic mass is 35.5. The normalized spacial score (nSPS) is 15.0. The molecular weight excluding hydrogens is 437 g/mol. The lowest BCUT2D eigenvalue weighted by Crippen LogP contribution is -2.27. The van der Waals surface area contributed by atoms with Crippen LogP contribution in [0.5, 0.6) is 5.75 Å². The van der Waals surface area contributed by atoms with Gasteiger partial charge in [-0.2, -0.15) is 0 Å². The fourth-order valence-electron chi connectivity index (χ4n) is 2.97. The molecule has 0 atom stereocenters. The van der Waals surface area contributed by atoms with E-state index in [9.17, 15) is 14.0 Å². The predicted molar refractivity (Wildman–Crippen MR) is 120 cm³/mol. The van der Waals surface area contributed by atoms with Gasteiger partial charge in [0.05, 0.1) is 11.4 Å². The number of amides is 2. The van der Waals surface area contributed by atoms with Crippen molar-refractivity contribution < 1.29 is 18.7 Å². The Morgan fingerprint density at radius 2 is 1.55 bits per heavy atom. The molecule has 0 radical (unpaired) electrons. The molecule has 31 heavy (non-hydrogen) atoms. The average Bonchev–Trinajstić information content (AvgIpc) is 3.03. The lowest BCUT2D eigenvalue weighted by Gasteiger charge is -2.12. The topological polar surface area (TPSA) is 46.6 Å². The van der Waals surface area contributed by atoms with Gasteiger partial charge in [-0.05, 0) is 70.9 Å². The first-order chi connectivity index (χ1) is 15.0. The first-order valence-corrected chi connectivity index (χ1v) is 10.6. The molecule has 0 aromatic heterocycles. The number of hydrogen-bond acceptors (Lipinski definition) is 4. The Hall–Kier alpha value is -3.09. The van der Waals surface area contributed by atoms with E-state index in [0.717, 1.165) is 27.8 Å². The Morgan fingerprint density at radius 3 is 2.23 bits per heavy atom. The van der Waals surface area contributed by atoms with Crippen LogP contribution >= 0.6 is 23.4 Å². The van der Waals surface area contributed by atoms with Crippen LogP contribution in [-0.2, 0) is 17.9 Å². The number of ether oxygens (including phenoxy) is 1. The van der Waals surface area contributed by atoms with Crippen molar-refractivity contribution in [2.75, 3.05) is 0 Å². The van der Waals surface area contributed by atoms with Gasteiger partial charge in [-0.15, -0.1) is 0 Å². The third-order valence-corrected chi connectivity index (χ3v) is 5.78. The van der Waals surface area contributed by atoms with Crippen LogP contribution in [0.1, 0.15) is 16.7 Å². The number of nitrogens with zero attached hydrogens (tertiary/aromatic N) is 1. The number of halogens is 2. The Morgan fingerprint density at radius 1 is 0.903 bits per heavy atom. The van der Waals surface area contributed by atoms with Crippen molar-refractivity contribution in [3.8, 4) is 5.75 Å². The summed E-state index contributed by atoms with van der Waals surface area (Å²) in [5, 5.41) is 0.332. The zero-order valence-corrected chi connectivity index (χ0v) is 17.8. The summed E-state index contributed by atoms with van der Waals surface area (Å²) >= 11 is 6.78. The summed E-state index contributed by atoms with van der Waals surface area (Å²) < 4.78 is 18.8. The zero-order chi connectivity index (χ0) is 21.8. The van der Waals surface area contributed by atoms with Gasteiger partial charge >= 0.3 is 0 Å². The molecule has 0 aliphatic carbocycles. The van der Waals surface area contributed by atoms with Crippen LogP contribution in [0.2, 0.25) is 5.02 Å². The van der Waals surface area contributed by atoms with E-state index in [1.165, 1.54) is 12.1 Å². The molecule has 4 nitrogen and oxygen atoms in total. The van der Waals surface area contributed by atoms with Crippen LogP contribution in [0.4, 0.5) is 9.18 Å². The highest BCUT2D eigenvalue weighted by Gasteiger charge is 2.34. The molecule has 3 aromatic rings.